The van der Waals surface area contributed by atoms with Crippen LogP contribution in [0, 0.1) is 5.92 Å². The maximum atomic E-state index is 10.6. The smallest absolute Gasteiger partial charge is 0.335 e. The van der Waals surface area contributed by atoms with Crippen LogP contribution < -0.4 is 0 Å². The summed E-state index contributed by atoms with van der Waals surface area (Å²) in [5.74, 6) is -0.931. The molecule has 10 heavy (non-hydrogen) atoms. The van der Waals surface area contributed by atoms with Gasteiger partial charge >= 0.3 is 5.97 Å². The maximum Gasteiger partial charge on any atom is 0.335 e. The number of hydrogen-bond acceptors (Lipinski definition) is 2. The molecule has 0 bridgehead atoms. The molecule has 0 radical (unpaired) electrons. The van der Waals surface area contributed by atoms with Gasteiger partial charge in [0.05, 0.1) is 0 Å². The van der Waals surface area contributed by atoms with Crippen molar-refractivity contribution in [3.05, 3.63) is 0 Å². The number of ether oxygens (including phenoxy) is 1. The van der Waals surface area contributed by atoms with Crippen molar-refractivity contribution < 1.29 is 14.6 Å². The fourth-order valence-corrected chi connectivity index (χ4v) is 0.570. The first-order valence-electron chi connectivity index (χ1n) is 3.23. The van der Waals surface area contributed by atoms with Crippen LogP contribution in [0.1, 0.15) is 20.8 Å². The molecule has 0 aromatic carbocycles. The SMILES string of the molecule is COC(C)(C(=O)O)C(C)C. The molecule has 0 aromatic rings. The summed E-state index contributed by atoms with van der Waals surface area (Å²) in [4.78, 5) is 10.6. The van der Waals surface area contributed by atoms with Crippen molar-refractivity contribution >= 4 is 5.97 Å². The monoisotopic (exact) mass is 146 g/mol. The second-order valence-electron chi connectivity index (χ2n) is 2.77. The van der Waals surface area contributed by atoms with Crippen molar-refractivity contribution in [1.82, 2.24) is 0 Å². The highest BCUT2D eigenvalue weighted by molar-refractivity contribution is 5.77. The van der Waals surface area contributed by atoms with Crippen LogP contribution in [0.25, 0.3) is 0 Å². The third-order valence-electron chi connectivity index (χ3n) is 1.95. The molecular weight excluding hydrogens is 132 g/mol. The Morgan fingerprint density at radius 2 is 2.00 bits per heavy atom. The molecule has 1 atom stereocenters. The molecule has 0 fully saturated rings. The molecular formula is C7H14O3. The summed E-state index contributed by atoms with van der Waals surface area (Å²) in [5.41, 5.74) is -1.04. The number of aliphatic carboxylic acids is 1. The van der Waals surface area contributed by atoms with Gasteiger partial charge < -0.3 is 9.84 Å². The van der Waals surface area contributed by atoms with E-state index in [2.05, 4.69) is 0 Å². The van der Waals surface area contributed by atoms with Crippen molar-refractivity contribution in [2.24, 2.45) is 5.92 Å². The summed E-state index contributed by atoms with van der Waals surface area (Å²) in [6.07, 6.45) is 0. The minimum atomic E-state index is -1.04. The van der Waals surface area contributed by atoms with Crippen molar-refractivity contribution in [2.45, 2.75) is 26.4 Å². The second kappa shape index (κ2) is 3.01. The van der Waals surface area contributed by atoms with E-state index in [1.807, 2.05) is 13.8 Å². The van der Waals surface area contributed by atoms with Crippen LogP contribution in [0.15, 0.2) is 0 Å². The summed E-state index contributed by atoms with van der Waals surface area (Å²) in [6.45, 7) is 5.20. The third-order valence-corrected chi connectivity index (χ3v) is 1.95. The van der Waals surface area contributed by atoms with E-state index in [1.165, 1.54) is 7.11 Å². The van der Waals surface area contributed by atoms with Crippen molar-refractivity contribution in [1.29, 1.82) is 0 Å². The van der Waals surface area contributed by atoms with Crippen LogP contribution in [0.5, 0.6) is 0 Å². The number of hydrogen-bond donors (Lipinski definition) is 1. The van der Waals surface area contributed by atoms with Gasteiger partial charge in [0.2, 0.25) is 0 Å². The molecule has 0 aliphatic rings. The molecule has 0 spiro atoms. The highest BCUT2D eigenvalue weighted by atomic mass is 16.5. The molecule has 0 aromatic heterocycles. The van der Waals surface area contributed by atoms with E-state index in [0.29, 0.717) is 0 Å². The Balaban J connectivity index is 4.38. The van der Waals surface area contributed by atoms with Crippen LogP contribution in [0.3, 0.4) is 0 Å². The second-order valence-corrected chi connectivity index (χ2v) is 2.77. The Kier molecular flexibility index (Phi) is 2.84. The first-order valence-corrected chi connectivity index (χ1v) is 3.23. The summed E-state index contributed by atoms with van der Waals surface area (Å²) < 4.78 is 4.86. The van der Waals surface area contributed by atoms with Crippen LogP contribution in [0.2, 0.25) is 0 Å². The molecule has 0 saturated heterocycles. The van der Waals surface area contributed by atoms with E-state index in [0.717, 1.165) is 0 Å². The van der Waals surface area contributed by atoms with E-state index in [4.69, 9.17) is 9.84 Å². The Labute approximate surface area is 61.0 Å². The molecule has 0 amide bonds. The third kappa shape index (κ3) is 1.48. The molecule has 60 valence electrons. The Bertz CT molecular complexity index is 131. The molecule has 0 saturated carbocycles. The molecule has 1 unspecified atom stereocenters. The minimum Gasteiger partial charge on any atom is -0.479 e. The zero-order valence-corrected chi connectivity index (χ0v) is 6.84. The number of carboxylic acid groups (broad SMARTS) is 1. The topological polar surface area (TPSA) is 46.5 Å². The molecule has 0 aliphatic heterocycles. The van der Waals surface area contributed by atoms with E-state index in [-0.39, 0.29) is 5.92 Å². The summed E-state index contributed by atoms with van der Waals surface area (Å²) >= 11 is 0. The van der Waals surface area contributed by atoms with Gasteiger partial charge in [-0.15, -0.1) is 0 Å². The highest BCUT2D eigenvalue weighted by Crippen LogP contribution is 2.20. The van der Waals surface area contributed by atoms with Crippen molar-refractivity contribution in [3.63, 3.8) is 0 Å². The predicted molar refractivity (Wildman–Crippen MR) is 37.9 cm³/mol. The number of carboxylic acids is 1. The van der Waals surface area contributed by atoms with Gasteiger partial charge in [0.25, 0.3) is 0 Å². The van der Waals surface area contributed by atoms with Gasteiger partial charge in [-0.25, -0.2) is 4.79 Å². The average molecular weight is 146 g/mol. The quantitative estimate of drug-likeness (QED) is 0.649. The summed E-state index contributed by atoms with van der Waals surface area (Å²) in [6, 6.07) is 0. The first-order chi connectivity index (χ1) is 4.45. The molecule has 3 heteroatoms. The molecule has 0 heterocycles. The lowest BCUT2D eigenvalue weighted by atomic mass is 9.93. The van der Waals surface area contributed by atoms with Gasteiger partial charge in [0, 0.05) is 7.11 Å². The summed E-state index contributed by atoms with van der Waals surface area (Å²) in [5, 5.41) is 8.68. The fourth-order valence-electron chi connectivity index (χ4n) is 0.570. The average Bonchev–Trinajstić information content (AvgIpc) is 1.85. The molecule has 1 N–H and O–H groups in total. The van der Waals surface area contributed by atoms with Crippen LogP contribution in [-0.2, 0) is 9.53 Å². The van der Waals surface area contributed by atoms with Crippen molar-refractivity contribution in [2.75, 3.05) is 7.11 Å². The predicted octanol–water partition coefficient (Wildman–Crippen LogP) is 1.13. The van der Waals surface area contributed by atoms with Gasteiger partial charge in [-0.2, -0.15) is 0 Å². The van der Waals surface area contributed by atoms with Crippen LogP contribution >= 0.6 is 0 Å². The zero-order chi connectivity index (χ0) is 8.36. The van der Waals surface area contributed by atoms with E-state index in [9.17, 15) is 4.79 Å². The standard InChI is InChI=1S/C7H14O3/c1-5(2)7(3,10-4)6(8)9/h5H,1-4H3,(H,8,9). The maximum absolute atomic E-state index is 10.6. The first kappa shape index (κ1) is 9.43. The number of rotatable bonds is 3. The lowest BCUT2D eigenvalue weighted by molar-refractivity contribution is -0.165. The van der Waals surface area contributed by atoms with Gasteiger partial charge in [-0.3, -0.25) is 0 Å². The normalized spacial score (nSPS) is 16.9. The Hall–Kier alpha value is -0.570. The molecule has 0 aliphatic carbocycles. The van der Waals surface area contributed by atoms with Crippen molar-refractivity contribution in [3.8, 4) is 0 Å². The van der Waals surface area contributed by atoms with E-state index >= 15 is 0 Å². The largest absolute Gasteiger partial charge is 0.479 e. The van der Waals surface area contributed by atoms with Gasteiger partial charge in [0.1, 0.15) is 0 Å². The van der Waals surface area contributed by atoms with Crippen LogP contribution in [-0.4, -0.2) is 23.8 Å². The van der Waals surface area contributed by atoms with Gasteiger partial charge in [0.15, 0.2) is 5.60 Å². The summed E-state index contributed by atoms with van der Waals surface area (Å²) in [7, 11) is 1.41. The highest BCUT2D eigenvalue weighted by Gasteiger charge is 2.36. The Morgan fingerprint density at radius 3 is 2.00 bits per heavy atom. The fraction of sp³-hybridized carbons (Fsp3) is 0.857. The Morgan fingerprint density at radius 1 is 1.60 bits per heavy atom. The molecule has 0 rings (SSSR count). The van der Waals surface area contributed by atoms with Gasteiger partial charge in [-0.1, -0.05) is 13.8 Å². The number of methoxy groups -OCH3 is 1. The van der Waals surface area contributed by atoms with Gasteiger partial charge in [-0.05, 0) is 12.8 Å². The number of carbonyl (C=O) groups is 1. The zero-order valence-electron chi connectivity index (χ0n) is 6.84. The van der Waals surface area contributed by atoms with E-state index < -0.39 is 11.6 Å². The van der Waals surface area contributed by atoms with Crippen LogP contribution in [0.4, 0.5) is 0 Å². The lowest BCUT2D eigenvalue weighted by Gasteiger charge is -2.26. The molecule has 3 nitrogen and oxygen atoms in total. The minimum absolute atomic E-state index is 0.0185. The lowest BCUT2D eigenvalue weighted by Crippen LogP contribution is -2.42. The van der Waals surface area contributed by atoms with E-state index in [1.54, 1.807) is 6.92 Å².